The average Bonchev–Trinajstić information content (AvgIpc) is 2.77. The summed E-state index contributed by atoms with van der Waals surface area (Å²) in [5.74, 6) is -1.40. The van der Waals surface area contributed by atoms with Crippen LogP contribution in [-0.2, 0) is 10.0 Å². The Kier molecular flexibility index (Phi) is 4.11. The Morgan fingerprint density at radius 1 is 1.56 bits per heavy atom. The number of carboxylic acids is 1. The predicted molar refractivity (Wildman–Crippen MR) is 65.2 cm³/mol. The van der Waals surface area contributed by atoms with E-state index < -0.39 is 27.2 Å². The molecule has 0 bridgehead atoms. The maximum atomic E-state index is 12.2. The van der Waals surface area contributed by atoms with Gasteiger partial charge in [-0.1, -0.05) is 0 Å². The lowest BCUT2D eigenvalue weighted by Gasteiger charge is -2.32. The highest BCUT2D eigenvalue weighted by Gasteiger charge is 2.37. The number of rotatable bonds is 5. The minimum Gasteiger partial charge on any atom is -0.476 e. The molecule has 0 aliphatic rings. The zero-order valence-corrected chi connectivity index (χ0v) is 11.7. The van der Waals surface area contributed by atoms with E-state index in [4.69, 9.17) is 10.2 Å². The number of hydrogen-bond acceptors (Lipinski definition) is 6. The van der Waals surface area contributed by atoms with E-state index in [9.17, 15) is 13.2 Å². The number of aromatic nitrogens is 1. The van der Waals surface area contributed by atoms with Crippen molar-refractivity contribution >= 4 is 27.3 Å². The largest absolute Gasteiger partial charge is 0.476 e. The Bertz CT molecular complexity index is 549. The second kappa shape index (κ2) is 4.92. The summed E-state index contributed by atoms with van der Waals surface area (Å²) in [4.78, 5) is 14.4. The van der Waals surface area contributed by atoms with Gasteiger partial charge in [0.2, 0.25) is 0 Å². The van der Waals surface area contributed by atoms with Gasteiger partial charge in [-0.05, 0) is 13.8 Å². The van der Waals surface area contributed by atoms with Crippen molar-refractivity contribution in [2.24, 2.45) is 0 Å². The average molecular weight is 294 g/mol. The highest BCUT2D eigenvalue weighted by atomic mass is 32.2. The highest BCUT2D eigenvalue weighted by Crippen LogP contribution is 2.27. The fraction of sp³-hybridized carbons (Fsp3) is 0.556. The van der Waals surface area contributed by atoms with Crippen LogP contribution in [0.25, 0.3) is 0 Å². The van der Waals surface area contributed by atoms with Crippen molar-refractivity contribution in [3.63, 3.8) is 0 Å². The molecule has 0 atom stereocenters. The van der Waals surface area contributed by atoms with Gasteiger partial charge in [0, 0.05) is 7.05 Å². The fourth-order valence-electron chi connectivity index (χ4n) is 1.11. The number of carbonyl (C=O) groups is 1. The van der Waals surface area contributed by atoms with Gasteiger partial charge in [-0.25, -0.2) is 18.2 Å². The fourth-order valence-corrected chi connectivity index (χ4v) is 3.91. The van der Waals surface area contributed by atoms with E-state index in [0.29, 0.717) is 0 Å². The molecule has 1 heterocycles. The molecule has 9 heteroatoms. The predicted octanol–water partition coefficient (Wildman–Crippen LogP) is 0.233. The van der Waals surface area contributed by atoms with Gasteiger partial charge in [0.05, 0.1) is 17.7 Å². The molecule has 0 aliphatic heterocycles. The molecule has 0 aromatic carbocycles. The Balaban J connectivity index is 3.31. The summed E-state index contributed by atoms with van der Waals surface area (Å²) in [6.45, 7) is 2.68. The summed E-state index contributed by atoms with van der Waals surface area (Å²) < 4.78 is 25.1. The highest BCUT2D eigenvalue weighted by molar-refractivity contribution is 7.91. The van der Waals surface area contributed by atoms with Crippen LogP contribution in [0, 0.1) is 0 Å². The molecule has 102 valence electrons. The molecule has 0 saturated heterocycles. The van der Waals surface area contributed by atoms with E-state index in [1.807, 2.05) is 0 Å². The molecule has 0 saturated carbocycles. The number of likely N-dealkylation sites (N-methyl/N-ethyl adjacent to an activating group) is 1. The molecule has 0 unspecified atom stereocenters. The molecule has 0 radical (unpaired) electrons. The Hall–Kier alpha value is -1.03. The van der Waals surface area contributed by atoms with Gasteiger partial charge >= 0.3 is 5.97 Å². The van der Waals surface area contributed by atoms with Gasteiger partial charge < -0.3 is 10.2 Å². The Morgan fingerprint density at radius 2 is 2.11 bits per heavy atom. The smallest absolute Gasteiger partial charge is 0.356 e. The summed E-state index contributed by atoms with van der Waals surface area (Å²) in [5.41, 5.74) is -0.366. The summed E-state index contributed by atoms with van der Waals surface area (Å²) in [6, 6.07) is 0. The quantitative estimate of drug-likeness (QED) is 0.805. The van der Waals surface area contributed by atoms with Gasteiger partial charge in [-0.2, -0.15) is 4.31 Å². The summed E-state index contributed by atoms with van der Waals surface area (Å²) >= 11 is 0.737. The lowest BCUT2D eigenvalue weighted by molar-refractivity contribution is 0.0686. The van der Waals surface area contributed by atoms with Gasteiger partial charge in [-0.3, -0.25) is 0 Å². The first-order valence-electron chi connectivity index (χ1n) is 4.91. The lowest BCUT2D eigenvalue weighted by Crippen LogP contribution is -2.47. The molecule has 0 amide bonds. The SMILES string of the molecule is CN(C(C)(C)CO)S(=O)(=O)c1scnc1C(=O)O. The molecule has 1 rings (SSSR count). The zero-order chi connectivity index (χ0) is 14.1. The van der Waals surface area contributed by atoms with Crippen LogP contribution in [0.2, 0.25) is 0 Å². The second-order valence-electron chi connectivity index (χ2n) is 4.24. The van der Waals surface area contributed by atoms with Crippen molar-refractivity contribution in [2.75, 3.05) is 13.7 Å². The monoisotopic (exact) mass is 294 g/mol. The Labute approximate surface area is 109 Å². The van der Waals surface area contributed by atoms with E-state index in [1.165, 1.54) is 20.9 Å². The van der Waals surface area contributed by atoms with Crippen LogP contribution in [0.1, 0.15) is 24.3 Å². The molecule has 2 N–H and O–H groups in total. The molecule has 1 aromatic rings. The van der Waals surface area contributed by atoms with Crippen molar-refractivity contribution in [3.8, 4) is 0 Å². The van der Waals surface area contributed by atoms with Crippen LogP contribution < -0.4 is 0 Å². The summed E-state index contributed by atoms with van der Waals surface area (Å²) in [7, 11) is -2.70. The van der Waals surface area contributed by atoms with Crippen LogP contribution >= 0.6 is 11.3 Å². The van der Waals surface area contributed by atoms with E-state index in [-0.39, 0.29) is 10.8 Å². The van der Waals surface area contributed by atoms with Gasteiger partial charge in [0.25, 0.3) is 10.0 Å². The third-order valence-electron chi connectivity index (χ3n) is 2.57. The zero-order valence-electron chi connectivity index (χ0n) is 10.1. The minimum absolute atomic E-state index is 0.334. The number of nitrogens with zero attached hydrogens (tertiary/aromatic N) is 2. The molecule has 0 spiro atoms. The van der Waals surface area contributed by atoms with Crippen LogP contribution in [0.4, 0.5) is 0 Å². The number of aromatic carboxylic acids is 1. The first kappa shape index (κ1) is 15.0. The van der Waals surface area contributed by atoms with E-state index in [0.717, 1.165) is 21.2 Å². The molecule has 7 nitrogen and oxygen atoms in total. The van der Waals surface area contributed by atoms with Crippen LogP contribution in [0.5, 0.6) is 0 Å². The van der Waals surface area contributed by atoms with Crippen LogP contribution in [0.15, 0.2) is 9.72 Å². The van der Waals surface area contributed by atoms with Crippen molar-refractivity contribution in [1.29, 1.82) is 0 Å². The molecule has 1 aromatic heterocycles. The Morgan fingerprint density at radius 3 is 2.56 bits per heavy atom. The summed E-state index contributed by atoms with van der Waals surface area (Å²) in [5, 5.41) is 18.0. The number of aliphatic hydroxyl groups excluding tert-OH is 1. The topological polar surface area (TPSA) is 108 Å². The standard InChI is InChI=1S/C9H14N2O5S2/c1-9(2,4-12)11(3)18(15,16)8-6(7(13)14)10-5-17-8/h5,12H,4H2,1-3H3,(H,13,14). The maximum Gasteiger partial charge on any atom is 0.356 e. The number of aliphatic hydroxyl groups is 1. The van der Waals surface area contributed by atoms with Gasteiger partial charge in [0.1, 0.15) is 0 Å². The van der Waals surface area contributed by atoms with Crippen LogP contribution in [0.3, 0.4) is 0 Å². The third-order valence-corrected chi connectivity index (χ3v) is 5.99. The molecular weight excluding hydrogens is 280 g/mol. The van der Waals surface area contributed by atoms with Gasteiger partial charge in [0.15, 0.2) is 9.90 Å². The molecule has 0 fully saturated rings. The number of thiazole rings is 1. The minimum atomic E-state index is -3.99. The second-order valence-corrected chi connectivity index (χ2v) is 7.26. The van der Waals surface area contributed by atoms with E-state index in [1.54, 1.807) is 0 Å². The number of hydrogen-bond donors (Lipinski definition) is 2. The normalized spacial score (nSPS) is 12.9. The third kappa shape index (κ3) is 2.53. The maximum absolute atomic E-state index is 12.2. The van der Waals surface area contributed by atoms with Crippen molar-refractivity contribution < 1.29 is 23.4 Å². The lowest BCUT2D eigenvalue weighted by atomic mass is 10.1. The van der Waals surface area contributed by atoms with Crippen LogP contribution in [-0.4, -0.2) is 53.1 Å². The number of sulfonamides is 1. The first-order chi connectivity index (χ1) is 8.14. The van der Waals surface area contributed by atoms with E-state index >= 15 is 0 Å². The van der Waals surface area contributed by atoms with Crippen molar-refractivity contribution in [3.05, 3.63) is 11.2 Å². The number of carboxylic acid groups (broad SMARTS) is 1. The summed E-state index contributed by atoms with van der Waals surface area (Å²) in [6.07, 6.45) is 0. The van der Waals surface area contributed by atoms with Crippen molar-refractivity contribution in [1.82, 2.24) is 9.29 Å². The van der Waals surface area contributed by atoms with Gasteiger partial charge in [-0.15, -0.1) is 11.3 Å². The van der Waals surface area contributed by atoms with Crippen molar-refractivity contribution in [2.45, 2.75) is 23.6 Å². The molecular formula is C9H14N2O5S2. The van der Waals surface area contributed by atoms with E-state index in [2.05, 4.69) is 4.98 Å². The molecule has 18 heavy (non-hydrogen) atoms. The first-order valence-corrected chi connectivity index (χ1v) is 7.23. The molecule has 0 aliphatic carbocycles.